The number of piperidine rings is 1. The smallest absolute Gasteiger partial charge is 0.408 e. The summed E-state index contributed by atoms with van der Waals surface area (Å²) in [5.41, 5.74) is 6.22. The molecular formula is C16H20F4N2O2. The third-order valence-corrected chi connectivity index (χ3v) is 4.16. The van der Waals surface area contributed by atoms with Crippen molar-refractivity contribution in [2.75, 3.05) is 13.7 Å². The highest BCUT2D eigenvalue weighted by Crippen LogP contribution is 2.32. The second-order valence-electron chi connectivity index (χ2n) is 5.91. The maximum Gasteiger partial charge on any atom is 0.408 e. The van der Waals surface area contributed by atoms with Crippen molar-refractivity contribution >= 4 is 5.91 Å². The number of ether oxygens (including phenoxy) is 1. The second kappa shape index (κ2) is 7.38. The molecule has 0 bridgehead atoms. The first-order chi connectivity index (χ1) is 11.2. The van der Waals surface area contributed by atoms with Gasteiger partial charge in [0.15, 0.2) is 11.6 Å². The molecule has 1 aliphatic rings. The molecule has 1 amide bonds. The lowest BCUT2D eigenvalue weighted by atomic mass is 9.97. The van der Waals surface area contributed by atoms with E-state index in [2.05, 4.69) is 0 Å². The number of methoxy groups -OCH3 is 1. The number of halogens is 4. The first-order valence-corrected chi connectivity index (χ1v) is 7.66. The Balaban J connectivity index is 2.03. The molecule has 1 fully saturated rings. The van der Waals surface area contributed by atoms with Gasteiger partial charge in [-0.2, -0.15) is 13.2 Å². The van der Waals surface area contributed by atoms with Crippen LogP contribution in [0.2, 0.25) is 0 Å². The van der Waals surface area contributed by atoms with Gasteiger partial charge in [-0.25, -0.2) is 4.39 Å². The van der Waals surface area contributed by atoms with Gasteiger partial charge in [-0.3, -0.25) is 4.79 Å². The molecule has 2 N–H and O–H groups in total. The van der Waals surface area contributed by atoms with Crippen LogP contribution in [-0.4, -0.2) is 42.7 Å². The van der Waals surface area contributed by atoms with E-state index in [1.54, 1.807) is 6.07 Å². The van der Waals surface area contributed by atoms with Gasteiger partial charge in [-0.1, -0.05) is 6.07 Å². The molecule has 1 aliphatic heterocycles. The molecule has 0 spiro atoms. The summed E-state index contributed by atoms with van der Waals surface area (Å²) in [4.78, 5) is 13.0. The van der Waals surface area contributed by atoms with Crippen LogP contribution in [0.4, 0.5) is 17.6 Å². The van der Waals surface area contributed by atoms with Gasteiger partial charge in [0.1, 0.15) is 6.04 Å². The van der Waals surface area contributed by atoms with Crippen molar-refractivity contribution in [3.05, 3.63) is 29.6 Å². The van der Waals surface area contributed by atoms with Gasteiger partial charge in [0.25, 0.3) is 0 Å². The zero-order valence-electron chi connectivity index (χ0n) is 13.3. The number of aryl methyl sites for hydroxylation is 1. The highest BCUT2D eigenvalue weighted by molar-refractivity contribution is 5.77. The highest BCUT2D eigenvalue weighted by Gasteiger charge is 2.47. The summed E-state index contributed by atoms with van der Waals surface area (Å²) in [5, 5.41) is 0. The molecule has 8 heteroatoms. The Kier molecular flexibility index (Phi) is 5.69. The summed E-state index contributed by atoms with van der Waals surface area (Å²) >= 11 is 0. The molecule has 2 atom stereocenters. The van der Waals surface area contributed by atoms with Crippen molar-refractivity contribution in [2.45, 2.75) is 43.9 Å². The summed E-state index contributed by atoms with van der Waals surface area (Å²) in [7, 11) is 1.33. The summed E-state index contributed by atoms with van der Waals surface area (Å²) in [6.07, 6.45) is -4.41. The molecule has 2 rings (SSSR count). The largest absolute Gasteiger partial charge is 0.494 e. The van der Waals surface area contributed by atoms with Crippen LogP contribution in [0.1, 0.15) is 24.8 Å². The molecule has 1 aromatic carbocycles. The van der Waals surface area contributed by atoms with Crippen LogP contribution in [0.25, 0.3) is 0 Å². The Hall–Kier alpha value is -1.83. The number of nitrogens with two attached hydrogens (primary N) is 1. The van der Waals surface area contributed by atoms with Gasteiger partial charge in [0.05, 0.1) is 7.11 Å². The van der Waals surface area contributed by atoms with Gasteiger partial charge < -0.3 is 15.4 Å². The van der Waals surface area contributed by atoms with Crippen LogP contribution in [-0.2, 0) is 11.2 Å². The predicted octanol–water partition coefficient (Wildman–Crippen LogP) is 2.65. The lowest BCUT2D eigenvalue weighted by molar-refractivity contribution is -0.196. The molecule has 4 nitrogen and oxygen atoms in total. The number of amides is 1. The van der Waals surface area contributed by atoms with Crippen LogP contribution in [0, 0.1) is 5.82 Å². The third-order valence-electron chi connectivity index (χ3n) is 4.16. The summed E-state index contributed by atoms with van der Waals surface area (Å²) in [6, 6.07) is 1.97. The molecule has 1 saturated heterocycles. The average Bonchev–Trinajstić information content (AvgIpc) is 2.51. The molecule has 1 aromatic rings. The number of carbonyl (C=O) groups excluding carboxylic acids is 1. The van der Waals surface area contributed by atoms with Gasteiger partial charge in [-0.15, -0.1) is 0 Å². The molecule has 1 heterocycles. The van der Waals surface area contributed by atoms with Crippen LogP contribution in [0.15, 0.2) is 18.2 Å². The predicted molar refractivity (Wildman–Crippen MR) is 80.0 cm³/mol. The van der Waals surface area contributed by atoms with E-state index in [9.17, 15) is 22.4 Å². The van der Waals surface area contributed by atoms with E-state index < -0.39 is 30.0 Å². The van der Waals surface area contributed by atoms with Crippen LogP contribution in [0.5, 0.6) is 5.75 Å². The van der Waals surface area contributed by atoms with Crippen LogP contribution < -0.4 is 10.5 Å². The number of carbonyl (C=O) groups is 1. The van der Waals surface area contributed by atoms with E-state index >= 15 is 0 Å². The van der Waals surface area contributed by atoms with Crippen molar-refractivity contribution in [1.82, 2.24) is 4.90 Å². The molecular weight excluding hydrogens is 328 g/mol. The van der Waals surface area contributed by atoms with Crippen molar-refractivity contribution in [3.63, 3.8) is 0 Å². The number of hydrogen-bond acceptors (Lipinski definition) is 3. The minimum Gasteiger partial charge on any atom is -0.494 e. The Labute approximate surface area is 137 Å². The molecule has 0 aliphatic carbocycles. The maximum atomic E-state index is 13.6. The van der Waals surface area contributed by atoms with Gasteiger partial charge in [-0.05, 0) is 37.0 Å². The Morgan fingerprint density at radius 3 is 2.67 bits per heavy atom. The second-order valence-corrected chi connectivity index (χ2v) is 5.91. The maximum absolute atomic E-state index is 13.6. The number of likely N-dealkylation sites (tertiary alicyclic amines) is 1. The van der Waals surface area contributed by atoms with Crippen LogP contribution in [0.3, 0.4) is 0 Å². The number of benzene rings is 1. The molecule has 0 radical (unpaired) electrons. The number of nitrogens with zero attached hydrogens (tertiary/aromatic N) is 1. The fraction of sp³-hybridized carbons (Fsp3) is 0.562. The van der Waals surface area contributed by atoms with Crippen molar-refractivity contribution in [2.24, 2.45) is 5.73 Å². The topological polar surface area (TPSA) is 55.6 Å². The SMILES string of the molecule is COc1ccc(CCC(=O)N2C[C@@H](N)CC[C@@H]2C(F)(F)F)cc1F. The zero-order valence-corrected chi connectivity index (χ0v) is 13.3. The van der Waals surface area contributed by atoms with Crippen LogP contribution >= 0.6 is 0 Å². The number of hydrogen-bond donors (Lipinski definition) is 1. The normalized spacial score (nSPS) is 21.7. The summed E-state index contributed by atoms with van der Waals surface area (Å²) < 4.78 is 57.6. The fourth-order valence-electron chi connectivity index (χ4n) is 2.88. The average molecular weight is 348 g/mol. The standard InChI is InChI=1S/C16H20F4N2O2/c1-24-13-5-2-10(8-12(13)17)3-7-15(23)22-9-11(21)4-6-14(22)16(18,19)20/h2,5,8,11,14H,3-4,6-7,9,21H2,1H3/t11-,14+/m0/s1. The van der Waals surface area contributed by atoms with E-state index in [1.165, 1.54) is 19.2 Å². The van der Waals surface area contributed by atoms with Gasteiger partial charge in [0, 0.05) is 19.0 Å². The van der Waals surface area contributed by atoms with Gasteiger partial charge in [0.2, 0.25) is 5.91 Å². The van der Waals surface area contributed by atoms with E-state index in [-0.39, 0.29) is 38.0 Å². The van der Waals surface area contributed by atoms with Crippen molar-refractivity contribution in [1.29, 1.82) is 0 Å². The molecule has 0 unspecified atom stereocenters. The lowest BCUT2D eigenvalue weighted by Gasteiger charge is -2.39. The summed E-state index contributed by atoms with van der Waals surface area (Å²) in [6.45, 7) is -0.111. The minimum atomic E-state index is -4.47. The third kappa shape index (κ3) is 4.37. The van der Waals surface area contributed by atoms with E-state index in [0.29, 0.717) is 5.56 Å². The lowest BCUT2D eigenvalue weighted by Crippen LogP contribution is -2.56. The molecule has 0 aromatic heterocycles. The first kappa shape index (κ1) is 18.5. The molecule has 24 heavy (non-hydrogen) atoms. The van der Waals surface area contributed by atoms with E-state index in [0.717, 1.165) is 4.90 Å². The van der Waals surface area contributed by atoms with E-state index in [1.807, 2.05) is 0 Å². The highest BCUT2D eigenvalue weighted by atomic mass is 19.4. The Morgan fingerprint density at radius 1 is 1.38 bits per heavy atom. The number of alkyl halides is 3. The minimum absolute atomic E-state index is 0.0733. The van der Waals surface area contributed by atoms with Crippen molar-refractivity contribution in [3.8, 4) is 5.75 Å². The van der Waals surface area contributed by atoms with E-state index in [4.69, 9.17) is 10.5 Å². The Morgan fingerprint density at radius 2 is 2.08 bits per heavy atom. The Bertz CT molecular complexity index is 592. The van der Waals surface area contributed by atoms with Gasteiger partial charge >= 0.3 is 6.18 Å². The first-order valence-electron chi connectivity index (χ1n) is 7.66. The number of rotatable bonds is 4. The molecule has 0 saturated carbocycles. The fourth-order valence-corrected chi connectivity index (χ4v) is 2.88. The zero-order chi connectivity index (χ0) is 17.9. The quantitative estimate of drug-likeness (QED) is 0.851. The summed E-state index contributed by atoms with van der Waals surface area (Å²) in [5.74, 6) is -1.12. The molecule has 134 valence electrons. The monoisotopic (exact) mass is 348 g/mol. The van der Waals surface area contributed by atoms with Crippen molar-refractivity contribution < 1.29 is 27.1 Å².